The summed E-state index contributed by atoms with van der Waals surface area (Å²) in [5.41, 5.74) is 1.42. The number of para-hydroxylation sites is 1. The molecule has 0 aliphatic rings. The van der Waals surface area contributed by atoms with Crippen molar-refractivity contribution >= 4 is 6.08 Å². The van der Waals surface area contributed by atoms with Crippen LogP contribution in [0.1, 0.15) is 25.0 Å². The summed E-state index contributed by atoms with van der Waals surface area (Å²) < 4.78 is 25.5. The largest absolute Gasteiger partial charge is 0.457 e. The molecule has 0 aliphatic heterocycles. The fourth-order valence-electron chi connectivity index (χ4n) is 2.73. The summed E-state index contributed by atoms with van der Waals surface area (Å²) in [5, 5.41) is 0. The maximum Gasteiger partial charge on any atom is 0.130 e. The maximum atomic E-state index is 13.7. The van der Waals surface area contributed by atoms with Gasteiger partial charge in [0.25, 0.3) is 0 Å². The van der Waals surface area contributed by atoms with E-state index in [2.05, 4.69) is 13.8 Å². The summed E-state index contributed by atoms with van der Waals surface area (Å²) in [5.74, 6) is 1.37. The first-order valence-corrected chi connectivity index (χ1v) is 9.35. The van der Waals surface area contributed by atoms with Gasteiger partial charge in [0, 0.05) is 11.0 Å². The van der Waals surface area contributed by atoms with Gasteiger partial charge in [0.2, 0.25) is 0 Å². The van der Waals surface area contributed by atoms with Crippen molar-refractivity contribution in [3.63, 3.8) is 0 Å². The second-order valence-corrected chi connectivity index (χ2v) is 7.40. The van der Waals surface area contributed by atoms with Crippen LogP contribution in [-0.4, -0.2) is 6.61 Å². The first kappa shape index (κ1) is 19.8. The first-order chi connectivity index (χ1) is 13.5. The molecule has 0 unspecified atom stereocenters. The van der Waals surface area contributed by atoms with Crippen LogP contribution in [0.5, 0.6) is 11.5 Å². The number of rotatable bonds is 8. The van der Waals surface area contributed by atoms with Crippen LogP contribution in [-0.2, 0) is 11.3 Å². The van der Waals surface area contributed by atoms with Crippen molar-refractivity contribution in [3.05, 3.63) is 102 Å². The number of hydrogen-bond donors (Lipinski definition) is 0. The minimum atomic E-state index is -0.217. The quantitative estimate of drug-likeness (QED) is 0.427. The molecule has 3 aromatic carbocycles. The third-order valence-corrected chi connectivity index (χ3v) is 4.24. The molecular weight excluding hydrogens is 351 g/mol. The number of hydrogen-bond acceptors (Lipinski definition) is 2. The van der Waals surface area contributed by atoms with E-state index >= 15 is 0 Å². The molecule has 0 fully saturated rings. The van der Waals surface area contributed by atoms with Gasteiger partial charge in [-0.25, -0.2) is 4.39 Å². The van der Waals surface area contributed by atoms with E-state index in [0.29, 0.717) is 18.8 Å². The molecule has 0 aromatic heterocycles. The van der Waals surface area contributed by atoms with Crippen molar-refractivity contribution in [2.75, 3.05) is 6.61 Å². The van der Waals surface area contributed by atoms with E-state index in [4.69, 9.17) is 9.47 Å². The van der Waals surface area contributed by atoms with Crippen molar-refractivity contribution in [2.24, 2.45) is 5.41 Å². The average Bonchev–Trinajstić information content (AvgIpc) is 2.68. The van der Waals surface area contributed by atoms with Crippen LogP contribution in [0.4, 0.5) is 4.39 Å². The van der Waals surface area contributed by atoms with Crippen LogP contribution >= 0.6 is 0 Å². The van der Waals surface area contributed by atoms with Gasteiger partial charge in [0.15, 0.2) is 0 Å². The van der Waals surface area contributed by atoms with Crippen molar-refractivity contribution in [1.82, 2.24) is 0 Å². The highest BCUT2D eigenvalue weighted by molar-refractivity contribution is 5.50. The molecule has 3 rings (SSSR count). The predicted molar refractivity (Wildman–Crippen MR) is 112 cm³/mol. The molecule has 0 spiro atoms. The normalized spacial score (nSPS) is 11.7. The predicted octanol–water partition coefficient (Wildman–Crippen LogP) is 6.87. The van der Waals surface area contributed by atoms with E-state index in [1.165, 1.54) is 6.07 Å². The highest BCUT2D eigenvalue weighted by atomic mass is 19.1. The van der Waals surface area contributed by atoms with Gasteiger partial charge < -0.3 is 9.47 Å². The standard InChI is InChI=1S/C25H25FO2/c1-25(2,16-15-21-10-6-7-14-24(21)26)19-27-18-20-9-8-13-23(17-20)28-22-11-4-3-5-12-22/h3-17H,18-19H2,1-2H3. The zero-order valence-electron chi connectivity index (χ0n) is 16.3. The van der Waals surface area contributed by atoms with Crippen molar-refractivity contribution < 1.29 is 13.9 Å². The molecule has 0 atom stereocenters. The Hall–Kier alpha value is -2.91. The lowest BCUT2D eigenvalue weighted by Crippen LogP contribution is -2.16. The number of ether oxygens (including phenoxy) is 2. The highest BCUT2D eigenvalue weighted by Gasteiger charge is 2.14. The van der Waals surface area contributed by atoms with Crippen LogP contribution in [0, 0.1) is 11.2 Å². The molecule has 0 amide bonds. The molecule has 0 aliphatic carbocycles. The van der Waals surface area contributed by atoms with Crippen LogP contribution in [0.2, 0.25) is 0 Å². The van der Waals surface area contributed by atoms with Gasteiger partial charge in [0.1, 0.15) is 17.3 Å². The Balaban J connectivity index is 1.54. The third-order valence-electron chi connectivity index (χ3n) is 4.24. The molecule has 3 aromatic rings. The van der Waals surface area contributed by atoms with Crippen molar-refractivity contribution in [1.29, 1.82) is 0 Å². The summed E-state index contributed by atoms with van der Waals surface area (Å²) in [7, 11) is 0. The fourth-order valence-corrected chi connectivity index (χ4v) is 2.73. The van der Waals surface area contributed by atoms with E-state index in [9.17, 15) is 4.39 Å². The molecule has 0 radical (unpaired) electrons. The lowest BCUT2D eigenvalue weighted by Gasteiger charge is -2.20. The van der Waals surface area contributed by atoms with Gasteiger partial charge in [-0.05, 0) is 35.9 Å². The van der Waals surface area contributed by atoms with Crippen LogP contribution in [0.3, 0.4) is 0 Å². The van der Waals surface area contributed by atoms with Gasteiger partial charge in [0.05, 0.1) is 13.2 Å². The summed E-state index contributed by atoms with van der Waals surface area (Å²) in [6.07, 6.45) is 3.80. The minimum Gasteiger partial charge on any atom is -0.457 e. The van der Waals surface area contributed by atoms with Crippen molar-refractivity contribution in [2.45, 2.75) is 20.5 Å². The van der Waals surface area contributed by atoms with Gasteiger partial charge >= 0.3 is 0 Å². The second-order valence-electron chi connectivity index (χ2n) is 7.40. The van der Waals surface area contributed by atoms with E-state index in [1.54, 1.807) is 12.1 Å². The zero-order chi connectivity index (χ0) is 19.8. The molecule has 28 heavy (non-hydrogen) atoms. The molecule has 0 saturated heterocycles. The third kappa shape index (κ3) is 6.07. The average molecular weight is 376 g/mol. The van der Waals surface area contributed by atoms with Gasteiger partial charge in [-0.1, -0.05) is 74.5 Å². The first-order valence-electron chi connectivity index (χ1n) is 9.35. The fraction of sp³-hybridized carbons (Fsp3) is 0.200. The lowest BCUT2D eigenvalue weighted by atomic mass is 9.93. The molecule has 144 valence electrons. The Kier molecular flexibility index (Phi) is 6.62. The topological polar surface area (TPSA) is 18.5 Å². The monoisotopic (exact) mass is 376 g/mol. The Bertz CT molecular complexity index is 917. The van der Waals surface area contributed by atoms with E-state index < -0.39 is 0 Å². The molecule has 0 heterocycles. The molecule has 0 bridgehead atoms. The smallest absolute Gasteiger partial charge is 0.130 e. The Morgan fingerprint density at radius 3 is 2.36 bits per heavy atom. The van der Waals surface area contributed by atoms with Crippen LogP contribution in [0.15, 0.2) is 84.9 Å². The Morgan fingerprint density at radius 2 is 1.57 bits per heavy atom. The molecule has 0 N–H and O–H groups in total. The number of benzene rings is 3. The van der Waals surface area contributed by atoms with Gasteiger partial charge in [-0.3, -0.25) is 0 Å². The van der Waals surface area contributed by atoms with Crippen molar-refractivity contribution in [3.8, 4) is 11.5 Å². The van der Waals surface area contributed by atoms with Gasteiger partial charge in [-0.15, -0.1) is 0 Å². The zero-order valence-corrected chi connectivity index (χ0v) is 16.3. The molecule has 3 heteroatoms. The lowest BCUT2D eigenvalue weighted by molar-refractivity contribution is 0.0719. The summed E-state index contributed by atoms with van der Waals surface area (Å²) >= 11 is 0. The highest BCUT2D eigenvalue weighted by Crippen LogP contribution is 2.24. The summed E-state index contributed by atoms with van der Waals surface area (Å²) in [6.45, 7) is 5.16. The van der Waals surface area contributed by atoms with Crippen LogP contribution < -0.4 is 4.74 Å². The maximum absolute atomic E-state index is 13.7. The Morgan fingerprint density at radius 1 is 0.857 bits per heavy atom. The second kappa shape index (κ2) is 9.34. The SMILES string of the molecule is CC(C)(C=Cc1ccccc1F)COCc1cccc(Oc2ccccc2)c1. The molecular formula is C25H25FO2. The number of halogens is 1. The van der Waals surface area contributed by atoms with E-state index in [1.807, 2.05) is 72.8 Å². The molecule has 2 nitrogen and oxygen atoms in total. The minimum absolute atomic E-state index is 0.208. The molecule has 0 saturated carbocycles. The Labute approximate surface area is 166 Å². The van der Waals surface area contributed by atoms with Gasteiger partial charge in [-0.2, -0.15) is 0 Å². The summed E-state index contributed by atoms with van der Waals surface area (Å²) in [4.78, 5) is 0. The van der Waals surface area contributed by atoms with Crippen LogP contribution in [0.25, 0.3) is 6.08 Å². The van der Waals surface area contributed by atoms with E-state index in [-0.39, 0.29) is 11.2 Å². The van der Waals surface area contributed by atoms with E-state index in [0.717, 1.165) is 17.1 Å². The summed E-state index contributed by atoms with van der Waals surface area (Å²) in [6, 6.07) is 24.3.